The van der Waals surface area contributed by atoms with E-state index < -0.39 is 0 Å². The molecule has 1 fully saturated rings. The number of ether oxygens (including phenoxy) is 2. The van der Waals surface area contributed by atoms with Crippen molar-refractivity contribution >= 4 is 23.2 Å². The summed E-state index contributed by atoms with van der Waals surface area (Å²) >= 11 is 1.45. The van der Waals surface area contributed by atoms with Crippen molar-refractivity contribution in [3.8, 4) is 11.5 Å². The number of amides is 2. The molecule has 0 aliphatic carbocycles. The molecule has 0 atom stereocenters. The fourth-order valence-electron chi connectivity index (χ4n) is 3.59. The van der Waals surface area contributed by atoms with Crippen molar-refractivity contribution in [1.82, 2.24) is 19.7 Å². The van der Waals surface area contributed by atoms with Crippen LogP contribution in [-0.2, 0) is 6.54 Å². The number of nitrogens with zero attached hydrogens (tertiary/aromatic N) is 4. The lowest BCUT2D eigenvalue weighted by atomic mass is 10.1. The van der Waals surface area contributed by atoms with E-state index in [-0.39, 0.29) is 11.8 Å². The van der Waals surface area contributed by atoms with E-state index in [2.05, 4.69) is 9.88 Å². The van der Waals surface area contributed by atoms with E-state index in [0.717, 1.165) is 23.8 Å². The Kier molecular flexibility index (Phi) is 8.09. The van der Waals surface area contributed by atoms with Gasteiger partial charge < -0.3 is 19.3 Å². The first-order chi connectivity index (χ1) is 15.3. The summed E-state index contributed by atoms with van der Waals surface area (Å²) in [5.41, 5.74) is 1.38. The number of hydrogen-bond acceptors (Lipinski definition) is 7. The van der Waals surface area contributed by atoms with Crippen LogP contribution in [0.25, 0.3) is 0 Å². The van der Waals surface area contributed by atoms with Crippen LogP contribution in [0.15, 0.2) is 18.2 Å². The first-order valence-corrected chi connectivity index (χ1v) is 11.7. The minimum absolute atomic E-state index is 0.00221. The normalized spacial score (nSPS) is 14.3. The second-order valence-electron chi connectivity index (χ2n) is 7.82. The number of piperazine rings is 1. The van der Waals surface area contributed by atoms with Crippen LogP contribution in [0.4, 0.5) is 0 Å². The molecule has 2 heterocycles. The standard InChI is InChI=1S/C23H32N4O4S/c1-6-30-18-9-8-17(14-19(18)31-7-2)22(28)27-12-10-26(11-13-27)15-20-24-16(3)21(32-20)23(29)25(4)5/h8-9,14H,6-7,10-13,15H2,1-5H3. The van der Waals surface area contributed by atoms with Crippen LogP contribution in [0.5, 0.6) is 11.5 Å². The van der Waals surface area contributed by atoms with E-state index in [4.69, 9.17) is 9.47 Å². The lowest BCUT2D eigenvalue weighted by Gasteiger charge is -2.34. The summed E-state index contributed by atoms with van der Waals surface area (Å²) < 4.78 is 11.3. The molecule has 0 unspecified atom stereocenters. The summed E-state index contributed by atoms with van der Waals surface area (Å²) in [5.74, 6) is 1.24. The van der Waals surface area contributed by atoms with Gasteiger partial charge in [-0.05, 0) is 39.0 Å². The highest BCUT2D eigenvalue weighted by Gasteiger charge is 2.25. The van der Waals surface area contributed by atoms with Gasteiger partial charge in [0.05, 0.1) is 25.5 Å². The number of thiazole rings is 1. The maximum atomic E-state index is 13.0. The minimum atomic E-state index is -0.0107. The zero-order chi connectivity index (χ0) is 23.3. The number of aryl methyl sites for hydroxylation is 1. The molecular weight excluding hydrogens is 428 g/mol. The lowest BCUT2D eigenvalue weighted by molar-refractivity contribution is 0.0627. The third kappa shape index (κ3) is 5.58. The summed E-state index contributed by atoms with van der Waals surface area (Å²) in [5, 5.41) is 0.931. The maximum absolute atomic E-state index is 13.0. The molecule has 2 aromatic rings. The number of aromatic nitrogens is 1. The van der Waals surface area contributed by atoms with E-state index in [1.165, 1.54) is 11.3 Å². The molecule has 1 aromatic heterocycles. The SMILES string of the molecule is CCOc1ccc(C(=O)N2CCN(Cc3nc(C)c(C(=O)N(C)C)s3)CC2)cc1OCC. The summed E-state index contributed by atoms with van der Waals surface area (Å²) in [6.07, 6.45) is 0. The van der Waals surface area contributed by atoms with Crippen LogP contribution < -0.4 is 9.47 Å². The van der Waals surface area contributed by atoms with Crippen LogP contribution in [0.3, 0.4) is 0 Å². The third-order valence-corrected chi connectivity index (χ3v) is 6.38. The van der Waals surface area contributed by atoms with E-state index in [1.54, 1.807) is 37.2 Å². The van der Waals surface area contributed by atoms with Crippen molar-refractivity contribution in [3.05, 3.63) is 39.3 Å². The molecule has 0 N–H and O–H groups in total. The van der Waals surface area contributed by atoms with E-state index in [0.29, 0.717) is 54.8 Å². The fraction of sp³-hybridized carbons (Fsp3) is 0.522. The molecule has 0 radical (unpaired) electrons. The Labute approximate surface area is 193 Å². The van der Waals surface area contributed by atoms with Gasteiger partial charge in [0.15, 0.2) is 11.5 Å². The fourth-order valence-corrected chi connectivity index (χ4v) is 4.72. The van der Waals surface area contributed by atoms with Gasteiger partial charge in [-0.15, -0.1) is 11.3 Å². The van der Waals surface area contributed by atoms with Gasteiger partial charge in [-0.2, -0.15) is 0 Å². The van der Waals surface area contributed by atoms with Crippen molar-refractivity contribution in [1.29, 1.82) is 0 Å². The number of carbonyl (C=O) groups excluding carboxylic acids is 2. The van der Waals surface area contributed by atoms with Crippen LogP contribution in [0.2, 0.25) is 0 Å². The molecule has 0 bridgehead atoms. The van der Waals surface area contributed by atoms with E-state index in [9.17, 15) is 9.59 Å². The molecule has 2 amide bonds. The largest absolute Gasteiger partial charge is 0.490 e. The number of benzene rings is 1. The smallest absolute Gasteiger partial charge is 0.265 e. The second kappa shape index (κ2) is 10.8. The molecule has 8 nitrogen and oxygen atoms in total. The number of hydrogen-bond donors (Lipinski definition) is 0. The molecule has 32 heavy (non-hydrogen) atoms. The zero-order valence-electron chi connectivity index (χ0n) is 19.5. The molecule has 9 heteroatoms. The Morgan fingerprint density at radius 1 is 1.06 bits per heavy atom. The van der Waals surface area contributed by atoms with Crippen molar-refractivity contribution < 1.29 is 19.1 Å². The molecule has 174 valence electrons. The minimum Gasteiger partial charge on any atom is -0.490 e. The highest BCUT2D eigenvalue weighted by Crippen LogP contribution is 2.29. The van der Waals surface area contributed by atoms with E-state index >= 15 is 0 Å². The van der Waals surface area contributed by atoms with E-state index in [1.807, 2.05) is 25.7 Å². The highest BCUT2D eigenvalue weighted by atomic mass is 32.1. The molecule has 1 aromatic carbocycles. The Hall–Kier alpha value is -2.65. The number of carbonyl (C=O) groups is 2. The lowest BCUT2D eigenvalue weighted by Crippen LogP contribution is -2.48. The first-order valence-electron chi connectivity index (χ1n) is 10.9. The van der Waals surface area contributed by atoms with Crippen molar-refractivity contribution in [2.75, 3.05) is 53.5 Å². The second-order valence-corrected chi connectivity index (χ2v) is 8.90. The zero-order valence-corrected chi connectivity index (χ0v) is 20.3. The molecule has 3 rings (SSSR count). The molecular formula is C23H32N4O4S. The molecule has 0 saturated carbocycles. The van der Waals surface area contributed by atoms with Crippen LogP contribution in [0.1, 0.15) is 44.6 Å². The van der Waals surface area contributed by atoms with Gasteiger partial charge in [0.25, 0.3) is 11.8 Å². The van der Waals surface area contributed by atoms with Crippen LogP contribution in [0, 0.1) is 6.92 Å². The summed E-state index contributed by atoms with van der Waals surface area (Å²) in [6, 6.07) is 5.37. The average molecular weight is 461 g/mol. The van der Waals surface area contributed by atoms with Crippen LogP contribution in [-0.4, -0.2) is 85.0 Å². The van der Waals surface area contributed by atoms with Gasteiger partial charge in [-0.25, -0.2) is 4.98 Å². The Morgan fingerprint density at radius 2 is 1.72 bits per heavy atom. The summed E-state index contributed by atoms with van der Waals surface area (Å²) in [6.45, 7) is 10.2. The monoisotopic (exact) mass is 460 g/mol. The quantitative estimate of drug-likeness (QED) is 0.603. The average Bonchev–Trinajstić information content (AvgIpc) is 3.14. The highest BCUT2D eigenvalue weighted by molar-refractivity contribution is 7.13. The van der Waals surface area contributed by atoms with Crippen molar-refractivity contribution in [2.45, 2.75) is 27.3 Å². The molecule has 1 saturated heterocycles. The van der Waals surface area contributed by atoms with Gasteiger partial charge in [-0.1, -0.05) is 0 Å². The van der Waals surface area contributed by atoms with Crippen molar-refractivity contribution in [2.24, 2.45) is 0 Å². The van der Waals surface area contributed by atoms with Crippen molar-refractivity contribution in [3.63, 3.8) is 0 Å². The van der Waals surface area contributed by atoms with Gasteiger partial charge in [0, 0.05) is 45.8 Å². The first kappa shape index (κ1) is 24.0. The number of rotatable bonds is 8. The van der Waals surface area contributed by atoms with Gasteiger partial charge in [-0.3, -0.25) is 14.5 Å². The van der Waals surface area contributed by atoms with Gasteiger partial charge in [0.2, 0.25) is 0 Å². The molecule has 1 aliphatic heterocycles. The Bertz CT molecular complexity index is 951. The molecule has 1 aliphatic rings. The van der Waals surface area contributed by atoms with Gasteiger partial charge in [0.1, 0.15) is 9.88 Å². The Balaban J connectivity index is 1.60. The molecule has 0 spiro atoms. The third-order valence-electron chi connectivity index (χ3n) is 5.25. The Morgan fingerprint density at radius 3 is 2.34 bits per heavy atom. The predicted molar refractivity (Wildman–Crippen MR) is 125 cm³/mol. The summed E-state index contributed by atoms with van der Waals surface area (Å²) in [7, 11) is 3.50. The maximum Gasteiger partial charge on any atom is 0.265 e. The van der Waals surface area contributed by atoms with Crippen LogP contribution >= 0.6 is 11.3 Å². The predicted octanol–water partition coefficient (Wildman–Crippen LogP) is 2.91. The van der Waals surface area contributed by atoms with Gasteiger partial charge >= 0.3 is 0 Å². The summed E-state index contributed by atoms with van der Waals surface area (Å²) in [4.78, 5) is 36.3. The topological polar surface area (TPSA) is 75.2 Å².